The highest BCUT2D eigenvalue weighted by Gasteiger charge is 2.36. The van der Waals surface area contributed by atoms with Crippen LogP contribution < -0.4 is 10.4 Å². The van der Waals surface area contributed by atoms with Gasteiger partial charge in [-0.15, -0.1) is 0 Å². The maximum Gasteiger partial charge on any atom is 0.512 e. The minimum Gasteiger partial charge on any atom is -0.244 e. The molecule has 0 aliphatic heterocycles. The first kappa shape index (κ1) is 23.3. The first-order valence-electron chi connectivity index (χ1n) is 10.9. The summed E-state index contributed by atoms with van der Waals surface area (Å²) in [6.07, 6.45) is 9.19. The molecule has 0 amide bonds. The molecule has 38 heavy (non-hydrogen) atoms. The van der Waals surface area contributed by atoms with Gasteiger partial charge in [0.2, 0.25) is 0 Å². The fraction of sp³-hybridized carbons (Fsp3) is 0.0714. The van der Waals surface area contributed by atoms with Gasteiger partial charge in [-0.2, -0.15) is 25.5 Å². The third-order valence-corrected chi connectivity index (χ3v) is 6.42. The van der Waals surface area contributed by atoms with E-state index in [4.69, 9.17) is 19.7 Å². The van der Waals surface area contributed by atoms with Gasteiger partial charge in [-0.3, -0.25) is 0 Å². The monoisotopic (exact) mass is 486 g/mol. The predicted octanol–water partition coefficient (Wildman–Crippen LogP) is 2.81. The topological polar surface area (TPSA) is 136 Å². The number of rotatable bonds is 2. The predicted molar refractivity (Wildman–Crippen MR) is 133 cm³/mol. The van der Waals surface area contributed by atoms with Crippen LogP contribution in [0.25, 0.3) is 48.1 Å². The van der Waals surface area contributed by atoms with Gasteiger partial charge in [0, 0.05) is 53.1 Å². The van der Waals surface area contributed by atoms with Gasteiger partial charge < -0.3 is 0 Å². The van der Waals surface area contributed by atoms with E-state index in [1.54, 1.807) is 24.8 Å². The highest BCUT2D eigenvalue weighted by molar-refractivity contribution is 5.95. The Kier molecular flexibility index (Phi) is 5.70. The van der Waals surface area contributed by atoms with Crippen molar-refractivity contribution >= 4 is 11.3 Å². The maximum atomic E-state index is 10.3. The maximum absolute atomic E-state index is 10.3. The molecule has 10 heteroatoms. The SMILES string of the molecule is [C-]#[N+]C([N+]#[C-])=C1Cc2c(-c3cncnc3)c3c(c(-c4cncnc4)c2=C1[N+]#[C-])CC(=C(C#N)C#N)C=3C#N. The third kappa shape index (κ3) is 3.29. The minimum atomic E-state index is -0.209. The fourth-order valence-electron chi connectivity index (χ4n) is 5.03. The van der Waals surface area contributed by atoms with Crippen LogP contribution in [0.5, 0.6) is 0 Å². The van der Waals surface area contributed by atoms with E-state index >= 15 is 0 Å². The molecule has 0 spiro atoms. The summed E-state index contributed by atoms with van der Waals surface area (Å²) < 4.78 is 0. The van der Waals surface area contributed by atoms with E-state index in [1.807, 2.05) is 12.1 Å². The number of fused-ring (bicyclic) bond motifs is 2. The van der Waals surface area contributed by atoms with Gasteiger partial charge in [0.25, 0.3) is 0 Å². The number of allylic oxidation sites excluding steroid dienone is 2. The van der Waals surface area contributed by atoms with Crippen LogP contribution in [0.3, 0.4) is 0 Å². The summed E-state index contributed by atoms with van der Waals surface area (Å²) >= 11 is 0. The van der Waals surface area contributed by atoms with Crippen LogP contribution in [0.15, 0.2) is 60.0 Å². The van der Waals surface area contributed by atoms with Crippen molar-refractivity contribution in [1.82, 2.24) is 19.9 Å². The molecule has 2 aliphatic rings. The molecule has 0 fully saturated rings. The molecule has 2 heterocycles. The Labute approximate surface area is 216 Å². The molecule has 0 saturated heterocycles. The molecule has 172 valence electrons. The van der Waals surface area contributed by atoms with Crippen molar-refractivity contribution in [2.45, 2.75) is 12.8 Å². The van der Waals surface area contributed by atoms with Crippen molar-refractivity contribution in [3.05, 3.63) is 116 Å². The first-order chi connectivity index (χ1) is 18.6. The second-order valence-electron chi connectivity index (χ2n) is 8.12. The lowest BCUT2D eigenvalue weighted by atomic mass is 9.88. The van der Waals surface area contributed by atoms with Crippen molar-refractivity contribution < 1.29 is 0 Å². The van der Waals surface area contributed by atoms with E-state index < -0.39 is 0 Å². The Balaban J connectivity index is 2.15. The summed E-state index contributed by atoms with van der Waals surface area (Å²) in [5, 5.41) is 30.6. The van der Waals surface area contributed by atoms with Gasteiger partial charge in [-0.1, -0.05) is 0 Å². The van der Waals surface area contributed by atoms with E-state index in [-0.39, 0.29) is 41.1 Å². The molecule has 2 aliphatic carbocycles. The number of nitriles is 3. The van der Waals surface area contributed by atoms with Gasteiger partial charge in [0.05, 0.1) is 17.7 Å². The quantitative estimate of drug-likeness (QED) is 0.401. The molecule has 3 aromatic rings. The fourth-order valence-corrected chi connectivity index (χ4v) is 5.03. The molecular weight excluding hydrogens is 476 g/mol. The van der Waals surface area contributed by atoms with Crippen LogP contribution in [-0.2, 0) is 12.8 Å². The molecule has 10 nitrogen and oxygen atoms in total. The normalized spacial score (nSPS) is 12.7. The second-order valence-corrected chi connectivity index (χ2v) is 8.12. The smallest absolute Gasteiger partial charge is 0.244 e. The summed E-state index contributed by atoms with van der Waals surface area (Å²) in [6, 6.07) is 5.98. The van der Waals surface area contributed by atoms with Crippen molar-refractivity contribution in [2.24, 2.45) is 0 Å². The summed E-state index contributed by atoms with van der Waals surface area (Å²) in [6.45, 7) is 23.1. The lowest BCUT2D eigenvalue weighted by molar-refractivity contribution is 1.14. The highest BCUT2D eigenvalue weighted by atomic mass is 14.9. The van der Waals surface area contributed by atoms with Crippen LogP contribution in [0.1, 0.15) is 11.1 Å². The van der Waals surface area contributed by atoms with Crippen LogP contribution >= 0.6 is 0 Å². The Morgan fingerprint density at radius 1 is 0.737 bits per heavy atom. The summed E-state index contributed by atoms with van der Waals surface area (Å²) in [5.41, 5.74) is 4.18. The Morgan fingerprint density at radius 3 is 1.71 bits per heavy atom. The Morgan fingerprint density at radius 2 is 1.24 bits per heavy atom. The number of nitrogens with zero attached hydrogens (tertiary/aromatic N) is 10. The highest BCUT2D eigenvalue weighted by Crippen LogP contribution is 2.39. The summed E-state index contributed by atoms with van der Waals surface area (Å²) in [7, 11) is 0. The molecule has 2 aromatic heterocycles. The zero-order valence-corrected chi connectivity index (χ0v) is 19.4. The molecule has 0 radical (unpaired) electrons. The average Bonchev–Trinajstić information content (AvgIpc) is 3.52. The standard InChI is InChI=1S/C28H10N10/c1-32-27-21(28(33-2)34-3)5-20-23(16-9-35-13-36-10-16)25-19(4-18(22(25)8-31)15(6-29)7-30)24(26(20)27)17-11-37-14-38-12-17/h9-14H,4-5H2. The molecule has 1 aromatic carbocycles. The Bertz CT molecular complexity index is 1830. The number of hydrogen-bond acceptors (Lipinski definition) is 7. The molecule has 5 rings (SSSR count). The van der Waals surface area contributed by atoms with Crippen LogP contribution in [0.4, 0.5) is 0 Å². The van der Waals surface area contributed by atoms with Crippen LogP contribution in [0.2, 0.25) is 0 Å². The van der Waals surface area contributed by atoms with Crippen LogP contribution in [-0.4, -0.2) is 19.9 Å². The summed E-state index contributed by atoms with van der Waals surface area (Å²) in [5.74, 6) is -0.209. The van der Waals surface area contributed by atoms with Gasteiger partial charge in [-0.05, 0) is 33.9 Å². The molecular formula is C28H10N10. The molecule has 0 bridgehead atoms. The van der Waals surface area contributed by atoms with Gasteiger partial charge in [-0.25, -0.2) is 24.8 Å². The minimum absolute atomic E-state index is 0.0791. The van der Waals surface area contributed by atoms with Crippen LogP contribution in [0, 0.1) is 53.7 Å². The van der Waals surface area contributed by atoms with Gasteiger partial charge >= 0.3 is 5.82 Å². The zero-order valence-electron chi connectivity index (χ0n) is 19.4. The molecule has 0 N–H and O–H groups in total. The van der Waals surface area contributed by atoms with Crippen molar-refractivity contribution in [2.75, 3.05) is 0 Å². The molecule has 0 unspecified atom stereocenters. The van der Waals surface area contributed by atoms with Crippen molar-refractivity contribution in [3.8, 4) is 40.5 Å². The number of aromatic nitrogens is 4. The average molecular weight is 486 g/mol. The van der Waals surface area contributed by atoms with Gasteiger partial charge in [0.15, 0.2) is 5.70 Å². The lowest BCUT2D eigenvalue weighted by Crippen LogP contribution is -2.24. The van der Waals surface area contributed by atoms with E-state index in [2.05, 4.69) is 40.5 Å². The van der Waals surface area contributed by atoms with Crippen molar-refractivity contribution in [1.29, 1.82) is 15.8 Å². The Hall–Kier alpha value is -6.46. The van der Waals surface area contributed by atoms with E-state index in [0.717, 1.165) is 0 Å². The lowest BCUT2D eigenvalue weighted by Gasteiger charge is -2.15. The summed E-state index contributed by atoms with van der Waals surface area (Å²) in [4.78, 5) is 27.1. The molecule has 0 atom stereocenters. The zero-order chi connectivity index (χ0) is 26.8. The van der Waals surface area contributed by atoms with E-state index in [9.17, 15) is 15.8 Å². The second kappa shape index (κ2) is 9.30. The number of benzene rings is 1. The van der Waals surface area contributed by atoms with E-state index in [1.165, 1.54) is 12.7 Å². The third-order valence-electron chi connectivity index (χ3n) is 6.42. The van der Waals surface area contributed by atoms with Gasteiger partial charge in [0.1, 0.15) is 49.6 Å². The van der Waals surface area contributed by atoms with E-state index in [0.29, 0.717) is 49.4 Å². The molecule has 0 saturated carbocycles. The number of hydrogen-bond donors (Lipinski definition) is 0. The largest absolute Gasteiger partial charge is 0.512 e. The van der Waals surface area contributed by atoms with Crippen molar-refractivity contribution in [3.63, 3.8) is 0 Å². The first-order valence-corrected chi connectivity index (χ1v) is 10.9.